The summed E-state index contributed by atoms with van der Waals surface area (Å²) in [5, 5.41) is 10.4. The van der Waals surface area contributed by atoms with E-state index in [0.29, 0.717) is 13.2 Å². The van der Waals surface area contributed by atoms with Gasteiger partial charge in [0.05, 0.1) is 26.9 Å². The van der Waals surface area contributed by atoms with E-state index in [9.17, 15) is 5.11 Å². The number of aliphatic hydroxyl groups excluding tert-OH is 1. The zero-order valence-corrected chi connectivity index (χ0v) is 17.6. The highest BCUT2D eigenvalue weighted by molar-refractivity contribution is 5.26. The monoisotopic (exact) mass is 418 g/mol. The molecule has 1 aliphatic heterocycles. The maximum absolute atomic E-state index is 10.4. The van der Waals surface area contributed by atoms with Crippen molar-refractivity contribution in [2.24, 2.45) is 0 Å². The van der Waals surface area contributed by atoms with E-state index in [-0.39, 0.29) is 6.61 Å². The second kappa shape index (κ2) is 11.4. The summed E-state index contributed by atoms with van der Waals surface area (Å²) in [6, 6.07) is 17.5. The zero-order valence-electron chi connectivity index (χ0n) is 17.6. The Hall–Kier alpha value is -2.00. The standard InChI is InChI=1S/C23H30O7/c1-25-18-11-9-17(10-12-18)14-29-20-19(15-28-13-16-7-5-4-6-8-16)30-23(24)22(27-3)21(20)26-2/h4-12,19-24H,13-15H2,1-3H3/t19-,20+,21+,22-,23-/m1/s1. The van der Waals surface area contributed by atoms with Crippen LogP contribution in [-0.2, 0) is 36.9 Å². The van der Waals surface area contributed by atoms with Crippen molar-refractivity contribution >= 4 is 0 Å². The Labute approximate surface area is 177 Å². The number of methoxy groups -OCH3 is 3. The summed E-state index contributed by atoms with van der Waals surface area (Å²) >= 11 is 0. The summed E-state index contributed by atoms with van der Waals surface area (Å²) in [5.74, 6) is 0.782. The molecule has 1 heterocycles. The molecule has 2 aromatic rings. The molecule has 3 rings (SSSR count). The largest absolute Gasteiger partial charge is 0.497 e. The van der Waals surface area contributed by atoms with E-state index in [0.717, 1.165) is 16.9 Å². The highest BCUT2D eigenvalue weighted by atomic mass is 16.7. The van der Waals surface area contributed by atoms with E-state index < -0.39 is 30.7 Å². The van der Waals surface area contributed by atoms with Gasteiger partial charge in [-0.25, -0.2) is 0 Å². The number of benzene rings is 2. The Morgan fingerprint density at radius 3 is 2.10 bits per heavy atom. The number of hydrogen-bond donors (Lipinski definition) is 1. The molecule has 7 nitrogen and oxygen atoms in total. The summed E-state index contributed by atoms with van der Waals surface area (Å²) in [4.78, 5) is 0. The molecular formula is C23H30O7. The predicted octanol–water partition coefficient (Wildman–Crippen LogP) is 2.54. The molecule has 0 saturated carbocycles. The minimum Gasteiger partial charge on any atom is -0.497 e. The fraction of sp³-hybridized carbons (Fsp3) is 0.478. The van der Waals surface area contributed by atoms with Crippen LogP contribution in [0.15, 0.2) is 54.6 Å². The lowest BCUT2D eigenvalue weighted by atomic mass is 9.98. The van der Waals surface area contributed by atoms with Crippen molar-refractivity contribution in [3.63, 3.8) is 0 Å². The molecule has 7 heteroatoms. The smallest absolute Gasteiger partial charge is 0.184 e. The van der Waals surface area contributed by atoms with Gasteiger partial charge in [0.2, 0.25) is 0 Å². The van der Waals surface area contributed by atoms with Gasteiger partial charge in [-0.2, -0.15) is 0 Å². The average Bonchev–Trinajstić information content (AvgIpc) is 2.79. The highest BCUT2D eigenvalue weighted by Crippen LogP contribution is 2.28. The molecule has 0 unspecified atom stereocenters. The molecule has 1 saturated heterocycles. The highest BCUT2D eigenvalue weighted by Gasteiger charge is 2.47. The van der Waals surface area contributed by atoms with Crippen LogP contribution in [-0.4, -0.2) is 63.7 Å². The first kappa shape index (κ1) is 22.7. The molecule has 164 valence electrons. The van der Waals surface area contributed by atoms with Crippen LogP contribution in [0.1, 0.15) is 11.1 Å². The summed E-state index contributed by atoms with van der Waals surface area (Å²) in [5.41, 5.74) is 2.04. The molecule has 1 N–H and O–H groups in total. The van der Waals surface area contributed by atoms with Crippen molar-refractivity contribution in [3.8, 4) is 5.75 Å². The van der Waals surface area contributed by atoms with Crippen molar-refractivity contribution in [3.05, 3.63) is 65.7 Å². The molecule has 0 bridgehead atoms. The van der Waals surface area contributed by atoms with Crippen LogP contribution >= 0.6 is 0 Å². The van der Waals surface area contributed by atoms with Crippen LogP contribution in [0.4, 0.5) is 0 Å². The van der Waals surface area contributed by atoms with Gasteiger partial charge in [-0.1, -0.05) is 42.5 Å². The van der Waals surface area contributed by atoms with E-state index in [1.165, 1.54) is 7.11 Å². The van der Waals surface area contributed by atoms with Crippen LogP contribution in [0, 0.1) is 0 Å². The lowest BCUT2D eigenvalue weighted by molar-refractivity contribution is -0.306. The Bertz CT molecular complexity index is 737. The molecule has 0 aliphatic carbocycles. The summed E-state index contributed by atoms with van der Waals surface area (Å²) in [7, 11) is 4.71. The Kier molecular flexibility index (Phi) is 8.62. The van der Waals surface area contributed by atoms with Crippen LogP contribution < -0.4 is 4.74 Å². The van der Waals surface area contributed by atoms with Gasteiger partial charge < -0.3 is 33.5 Å². The number of hydrogen-bond acceptors (Lipinski definition) is 7. The molecule has 0 aromatic heterocycles. The van der Waals surface area contributed by atoms with Crippen LogP contribution in [0.25, 0.3) is 0 Å². The van der Waals surface area contributed by atoms with Crippen LogP contribution in [0.5, 0.6) is 5.75 Å². The number of ether oxygens (including phenoxy) is 6. The lowest BCUT2D eigenvalue weighted by Gasteiger charge is -2.43. The van der Waals surface area contributed by atoms with Gasteiger partial charge in [-0.15, -0.1) is 0 Å². The molecule has 30 heavy (non-hydrogen) atoms. The Balaban J connectivity index is 1.66. The van der Waals surface area contributed by atoms with E-state index in [1.54, 1.807) is 14.2 Å². The van der Waals surface area contributed by atoms with Gasteiger partial charge in [0.25, 0.3) is 0 Å². The molecule has 1 fully saturated rings. The molecule has 0 spiro atoms. The van der Waals surface area contributed by atoms with Crippen LogP contribution in [0.2, 0.25) is 0 Å². The third kappa shape index (κ3) is 5.78. The maximum atomic E-state index is 10.4. The van der Waals surface area contributed by atoms with Crippen molar-refractivity contribution < 1.29 is 33.5 Å². The van der Waals surface area contributed by atoms with Gasteiger partial charge >= 0.3 is 0 Å². The van der Waals surface area contributed by atoms with Crippen molar-refractivity contribution in [1.29, 1.82) is 0 Å². The molecule has 0 radical (unpaired) electrons. The normalized spacial score (nSPS) is 26.5. The first-order valence-corrected chi connectivity index (χ1v) is 9.91. The molecule has 1 aliphatic rings. The van der Waals surface area contributed by atoms with E-state index in [1.807, 2.05) is 54.6 Å². The number of rotatable bonds is 10. The maximum Gasteiger partial charge on any atom is 0.184 e. The minimum absolute atomic E-state index is 0.246. The second-order valence-corrected chi connectivity index (χ2v) is 7.09. The molecule has 2 aromatic carbocycles. The summed E-state index contributed by atoms with van der Waals surface area (Å²) in [6.45, 7) is 1.03. The summed E-state index contributed by atoms with van der Waals surface area (Å²) < 4.78 is 34.0. The van der Waals surface area contributed by atoms with Gasteiger partial charge in [-0.3, -0.25) is 0 Å². The van der Waals surface area contributed by atoms with E-state index >= 15 is 0 Å². The van der Waals surface area contributed by atoms with Crippen LogP contribution in [0.3, 0.4) is 0 Å². The number of aliphatic hydroxyl groups is 1. The quantitative estimate of drug-likeness (QED) is 0.635. The van der Waals surface area contributed by atoms with Gasteiger partial charge in [0.1, 0.15) is 30.2 Å². The van der Waals surface area contributed by atoms with Gasteiger partial charge in [-0.05, 0) is 23.3 Å². The van der Waals surface area contributed by atoms with Gasteiger partial charge in [0, 0.05) is 14.2 Å². The fourth-order valence-electron chi connectivity index (χ4n) is 3.53. The third-order valence-electron chi connectivity index (χ3n) is 5.15. The SMILES string of the molecule is COc1ccc(CO[C@@H]2[C@H](OC)[C@@H](OC)[C@H](O)O[C@@H]2COCc2ccccc2)cc1. The molecule has 0 amide bonds. The van der Waals surface area contributed by atoms with E-state index in [4.69, 9.17) is 28.4 Å². The minimum atomic E-state index is -1.13. The third-order valence-corrected chi connectivity index (χ3v) is 5.15. The average molecular weight is 418 g/mol. The van der Waals surface area contributed by atoms with Crippen molar-refractivity contribution in [1.82, 2.24) is 0 Å². The first-order chi connectivity index (χ1) is 14.7. The van der Waals surface area contributed by atoms with Crippen molar-refractivity contribution in [2.75, 3.05) is 27.9 Å². The second-order valence-electron chi connectivity index (χ2n) is 7.09. The Morgan fingerprint density at radius 1 is 0.800 bits per heavy atom. The summed E-state index contributed by atoms with van der Waals surface area (Å²) in [6.07, 6.45) is -3.31. The first-order valence-electron chi connectivity index (χ1n) is 9.91. The lowest BCUT2D eigenvalue weighted by Crippen LogP contribution is -2.60. The van der Waals surface area contributed by atoms with Gasteiger partial charge in [0.15, 0.2) is 6.29 Å². The molecule has 5 atom stereocenters. The topological polar surface area (TPSA) is 75.6 Å². The fourth-order valence-corrected chi connectivity index (χ4v) is 3.53. The zero-order chi connectivity index (χ0) is 21.3. The molecular weight excluding hydrogens is 388 g/mol. The van der Waals surface area contributed by atoms with Crippen molar-refractivity contribution in [2.45, 2.75) is 43.9 Å². The van der Waals surface area contributed by atoms with E-state index in [2.05, 4.69) is 0 Å². The predicted molar refractivity (Wildman–Crippen MR) is 110 cm³/mol. The Morgan fingerprint density at radius 2 is 1.47 bits per heavy atom.